The first-order chi connectivity index (χ1) is 13.6. The zero-order valence-electron chi connectivity index (χ0n) is 15.7. The standard InChI is InChI=1S/C21H20N2O5/c1-13-15-3-4-18-17(20(15)28-21(25)16(13)9-19(24)26-2)11-23(12-27-18)10-14-5-7-22-8-6-14/h3-8H,9-12H2,1-2H3. The van der Waals surface area contributed by atoms with Crippen LogP contribution in [0.2, 0.25) is 0 Å². The van der Waals surface area contributed by atoms with Crippen LogP contribution in [0.3, 0.4) is 0 Å². The van der Waals surface area contributed by atoms with E-state index in [-0.39, 0.29) is 6.42 Å². The lowest BCUT2D eigenvalue weighted by molar-refractivity contribution is -0.139. The van der Waals surface area contributed by atoms with Crippen molar-refractivity contribution >= 4 is 16.9 Å². The van der Waals surface area contributed by atoms with Gasteiger partial charge in [0.2, 0.25) is 0 Å². The number of carbonyl (C=O) groups excluding carboxylic acids is 1. The summed E-state index contributed by atoms with van der Waals surface area (Å²) in [6.07, 6.45) is 3.41. The molecule has 1 aliphatic heterocycles. The molecule has 0 saturated carbocycles. The van der Waals surface area contributed by atoms with Crippen LogP contribution >= 0.6 is 0 Å². The highest BCUT2D eigenvalue weighted by molar-refractivity contribution is 5.87. The van der Waals surface area contributed by atoms with E-state index in [1.807, 2.05) is 31.2 Å². The topological polar surface area (TPSA) is 81.9 Å². The van der Waals surface area contributed by atoms with Gasteiger partial charge in [0.1, 0.15) is 18.1 Å². The van der Waals surface area contributed by atoms with Gasteiger partial charge in [-0.05, 0) is 42.3 Å². The van der Waals surface area contributed by atoms with Crippen molar-refractivity contribution in [2.75, 3.05) is 13.8 Å². The van der Waals surface area contributed by atoms with E-state index in [0.717, 1.165) is 22.1 Å². The predicted octanol–water partition coefficient (Wildman–Crippen LogP) is 2.56. The van der Waals surface area contributed by atoms with Crippen molar-refractivity contribution in [3.63, 3.8) is 0 Å². The average molecular weight is 380 g/mol. The van der Waals surface area contributed by atoms with E-state index in [0.29, 0.717) is 36.7 Å². The number of nitrogens with zero attached hydrogens (tertiary/aromatic N) is 2. The lowest BCUT2D eigenvalue weighted by atomic mass is 10.00. The lowest BCUT2D eigenvalue weighted by Crippen LogP contribution is -2.31. The third-order valence-electron chi connectivity index (χ3n) is 5.00. The SMILES string of the molecule is COC(=O)Cc1c(C)c2ccc3c(c2oc1=O)CN(Cc1ccncc1)CO3. The third-order valence-corrected chi connectivity index (χ3v) is 5.00. The van der Waals surface area contributed by atoms with Gasteiger partial charge in [-0.2, -0.15) is 0 Å². The van der Waals surface area contributed by atoms with E-state index in [1.54, 1.807) is 12.4 Å². The number of esters is 1. The summed E-state index contributed by atoms with van der Waals surface area (Å²) in [5, 5.41) is 0.798. The summed E-state index contributed by atoms with van der Waals surface area (Å²) in [7, 11) is 1.30. The van der Waals surface area contributed by atoms with Gasteiger partial charge in [-0.15, -0.1) is 0 Å². The number of aromatic nitrogens is 1. The molecule has 7 nitrogen and oxygen atoms in total. The Labute approximate surface area is 161 Å². The minimum atomic E-state index is -0.518. The van der Waals surface area contributed by atoms with Crippen LogP contribution in [0.5, 0.6) is 5.75 Å². The molecular formula is C21H20N2O5. The average Bonchev–Trinajstić information content (AvgIpc) is 2.71. The van der Waals surface area contributed by atoms with Crippen molar-refractivity contribution < 1.29 is 18.7 Å². The molecule has 2 aromatic heterocycles. The van der Waals surface area contributed by atoms with Crippen LogP contribution in [-0.4, -0.2) is 29.7 Å². The summed E-state index contributed by atoms with van der Waals surface area (Å²) in [5.41, 5.74) is 3.00. The normalized spacial score (nSPS) is 13.8. The number of hydrogen-bond acceptors (Lipinski definition) is 7. The molecule has 1 aliphatic rings. The Morgan fingerprint density at radius 1 is 1.25 bits per heavy atom. The van der Waals surface area contributed by atoms with Gasteiger partial charge >= 0.3 is 11.6 Å². The van der Waals surface area contributed by atoms with Crippen molar-refractivity contribution in [2.45, 2.75) is 26.4 Å². The van der Waals surface area contributed by atoms with Gasteiger partial charge < -0.3 is 13.9 Å². The van der Waals surface area contributed by atoms with Gasteiger partial charge in [0.25, 0.3) is 0 Å². The van der Waals surface area contributed by atoms with Crippen LogP contribution < -0.4 is 10.4 Å². The van der Waals surface area contributed by atoms with E-state index < -0.39 is 11.6 Å². The number of fused-ring (bicyclic) bond motifs is 3. The van der Waals surface area contributed by atoms with Crippen molar-refractivity contribution in [1.29, 1.82) is 0 Å². The predicted molar refractivity (Wildman–Crippen MR) is 102 cm³/mol. The summed E-state index contributed by atoms with van der Waals surface area (Å²) >= 11 is 0. The number of hydrogen-bond donors (Lipinski definition) is 0. The zero-order valence-corrected chi connectivity index (χ0v) is 15.7. The van der Waals surface area contributed by atoms with Crippen LogP contribution in [0, 0.1) is 6.92 Å². The molecule has 1 aromatic carbocycles. The molecule has 0 amide bonds. The molecule has 144 valence electrons. The molecule has 0 spiro atoms. The maximum atomic E-state index is 12.5. The minimum absolute atomic E-state index is 0.109. The van der Waals surface area contributed by atoms with Gasteiger partial charge in [-0.1, -0.05) is 0 Å². The van der Waals surface area contributed by atoms with Gasteiger partial charge in [0.05, 0.1) is 24.7 Å². The molecule has 28 heavy (non-hydrogen) atoms. The maximum Gasteiger partial charge on any atom is 0.340 e. The number of aryl methyl sites for hydroxylation is 1. The molecule has 0 atom stereocenters. The number of benzene rings is 1. The van der Waals surface area contributed by atoms with E-state index in [2.05, 4.69) is 14.6 Å². The molecule has 0 radical (unpaired) electrons. The second kappa shape index (κ2) is 7.44. The number of carbonyl (C=O) groups is 1. The first-order valence-electron chi connectivity index (χ1n) is 8.96. The largest absolute Gasteiger partial charge is 0.478 e. The monoisotopic (exact) mass is 380 g/mol. The number of ether oxygens (including phenoxy) is 2. The third kappa shape index (κ3) is 3.36. The van der Waals surface area contributed by atoms with Gasteiger partial charge in [-0.25, -0.2) is 4.79 Å². The summed E-state index contributed by atoms with van der Waals surface area (Å²) in [5.74, 6) is 0.237. The lowest BCUT2D eigenvalue weighted by Gasteiger charge is -2.29. The molecular weight excluding hydrogens is 360 g/mol. The molecule has 7 heteroatoms. The highest BCUT2D eigenvalue weighted by Crippen LogP contribution is 2.34. The molecule has 0 N–H and O–H groups in total. The number of pyridine rings is 1. The molecule has 0 aliphatic carbocycles. The van der Waals surface area contributed by atoms with Crippen LogP contribution in [0.1, 0.15) is 22.3 Å². The van der Waals surface area contributed by atoms with Crippen molar-refractivity contribution in [1.82, 2.24) is 9.88 Å². The second-order valence-corrected chi connectivity index (χ2v) is 6.78. The Morgan fingerprint density at radius 2 is 2.04 bits per heavy atom. The van der Waals surface area contributed by atoms with E-state index in [9.17, 15) is 9.59 Å². The Balaban J connectivity index is 1.72. The molecule has 0 saturated heterocycles. The highest BCUT2D eigenvalue weighted by Gasteiger charge is 2.24. The van der Waals surface area contributed by atoms with Crippen molar-refractivity contribution in [2.24, 2.45) is 0 Å². The fourth-order valence-electron chi connectivity index (χ4n) is 3.48. The van der Waals surface area contributed by atoms with E-state index in [1.165, 1.54) is 7.11 Å². The zero-order chi connectivity index (χ0) is 19.7. The summed E-state index contributed by atoms with van der Waals surface area (Å²) in [4.78, 5) is 30.3. The second-order valence-electron chi connectivity index (χ2n) is 6.78. The van der Waals surface area contributed by atoms with Crippen molar-refractivity contribution in [3.05, 3.63) is 69.3 Å². The summed E-state index contributed by atoms with van der Waals surface area (Å²) in [6, 6.07) is 7.67. The Hall–Kier alpha value is -3.19. The highest BCUT2D eigenvalue weighted by atomic mass is 16.5. The fourth-order valence-corrected chi connectivity index (χ4v) is 3.48. The van der Waals surface area contributed by atoms with Gasteiger partial charge in [0, 0.05) is 30.9 Å². The maximum absolute atomic E-state index is 12.5. The molecule has 0 bridgehead atoms. The molecule has 3 aromatic rings. The smallest absolute Gasteiger partial charge is 0.340 e. The number of methoxy groups -OCH3 is 1. The summed E-state index contributed by atoms with van der Waals surface area (Å²) < 4.78 is 16.2. The molecule has 0 unspecified atom stereocenters. The molecule has 0 fully saturated rings. The van der Waals surface area contributed by atoms with Crippen LogP contribution in [-0.2, 0) is 29.0 Å². The Kier molecular flexibility index (Phi) is 4.83. The molecule has 3 heterocycles. The first kappa shape index (κ1) is 18.2. The van der Waals surface area contributed by atoms with Gasteiger partial charge in [-0.3, -0.25) is 14.7 Å². The van der Waals surface area contributed by atoms with E-state index >= 15 is 0 Å². The fraction of sp³-hybridized carbons (Fsp3) is 0.286. The number of rotatable bonds is 4. The van der Waals surface area contributed by atoms with Crippen LogP contribution in [0.4, 0.5) is 0 Å². The quantitative estimate of drug-likeness (QED) is 0.508. The van der Waals surface area contributed by atoms with Crippen LogP contribution in [0.15, 0.2) is 45.9 Å². The van der Waals surface area contributed by atoms with Gasteiger partial charge in [0.15, 0.2) is 0 Å². The van der Waals surface area contributed by atoms with E-state index in [4.69, 9.17) is 9.15 Å². The molecule has 4 rings (SSSR count). The first-order valence-corrected chi connectivity index (χ1v) is 8.96. The van der Waals surface area contributed by atoms with Crippen LogP contribution in [0.25, 0.3) is 11.0 Å². The minimum Gasteiger partial charge on any atom is -0.478 e. The van der Waals surface area contributed by atoms with Crippen molar-refractivity contribution in [3.8, 4) is 5.75 Å². The Bertz CT molecular complexity index is 1090. The summed E-state index contributed by atoms with van der Waals surface area (Å²) in [6.45, 7) is 3.56. The Morgan fingerprint density at radius 3 is 2.79 bits per heavy atom.